The molecule has 3 aromatic rings. The zero-order valence-electron chi connectivity index (χ0n) is 18.9. The summed E-state index contributed by atoms with van der Waals surface area (Å²) in [6, 6.07) is 10.7. The molecule has 4 heterocycles. The second-order valence-corrected chi connectivity index (χ2v) is 10.1. The van der Waals surface area contributed by atoms with Crippen molar-refractivity contribution >= 4 is 33.4 Å². The number of benzene rings is 1. The molecule has 2 N–H and O–H groups in total. The van der Waals surface area contributed by atoms with Crippen LogP contribution in [0.1, 0.15) is 40.1 Å². The first kappa shape index (κ1) is 23.4. The van der Waals surface area contributed by atoms with E-state index in [2.05, 4.69) is 6.07 Å². The number of fused-ring (bicyclic) bond motifs is 1. The van der Waals surface area contributed by atoms with Crippen LogP contribution in [0.3, 0.4) is 0 Å². The Balaban J connectivity index is 1.60. The van der Waals surface area contributed by atoms with Crippen molar-refractivity contribution in [3.8, 4) is 6.07 Å². The smallest absolute Gasteiger partial charge is 0.273 e. The molecule has 0 unspecified atom stereocenters. The number of nitriles is 1. The fourth-order valence-corrected chi connectivity index (χ4v) is 5.70. The minimum absolute atomic E-state index is 0.0282. The predicted octanol–water partition coefficient (Wildman–Crippen LogP) is 2.79. The minimum Gasteiger partial charge on any atom is -0.341 e. The van der Waals surface area contributed by atoms with Crippen LogP contribution in [0.5, 0.6) is 0 Å². The molecule has 0 bridgehead atoms. The number of carbonyl (C=O) groups is 1. The number of halogens is 2. The highest BCUT2D eigenvalue weighted by molar-refractivity contribution is 7.20. The lowest BCUT2D eigenvalue weighted by Gasteiger charge is -2.33. The molecule has 2 aliphatic rings. The van der Waals surface area contributed by atoms with E-state index in [0.717, 1.165) is 29.1 Å². The van der Waals surface area contributed by atoms with Crippen molar-refractivity contribution in [1.82, 2.24) is 14.5 Å². The van der Waals surface area contributed by atoms with Crippen LogP contribution in [0.25, 0.3) is 10.2 Å². The van der Waals surface area contributed by atoms with Gasteiger partial charge in [-0.15, -0.1) is 11.3 Å². The molecule has 1 atom stereocenters. The highest BCUT2D eigenvalue weighted by Gasteiger charge is 2.41. The van der Waals surface area contributed by atoms with Gasteiger partial charge in [-0.3, -0.25) is 14.2 Å². The number of amides is 1. The maximum atomic E-state index is 13.7. The standard InChI is InChI=1S/C24H24F2N6O2S/c25-24(26)7-9-31(14-24)21(33)19-10-18-20(35-19)22(34)32(12-16-5-2-1-4-15(16)11-27)23(29-18)30-8-3-6-17(28)13-30/h1-2,4-5,10,17H,3,6-9,12-14,28H2/t17-/m1/s1. The number of hydrogen-bond acceptors (Lipinski definition) is 7. The van der Waals surface area contributed by atoms with Crippen molar-refractivity contribution in [2.45, 2.75) is 37.8 Å². The lowest BCUT2D eigenvalue weighted by Crippen LogP contribution is -2.45. The molecule has 8 nitrogen and oxygen atoms in total. The third-order valence-corrected chi connectivity index (χ3v) is 7.59. The van der Waals surface area contributed by atoms with Crippen LogP contribution in [0.15, 0.2) is 35.1 Å². The zero-order chi connectivity index (χ0) is 24.7. The number of alkyl halides is 2. The number of carbonyl (C=O) groups excluding carboxylic acids is 1. The van der Waals surface area contributed by atoms with Crippen LogP contribution in [-0.2, 0) is 6.54 Å². The molecule has 0 radical (unpaired) electrons. The van der Waals surface area contributed by atoms with Gasteiger partial charge in [0, 0.05) is 32.1 Å². The summed E-state index contributed by atoms with van der Waals surface area (Å²) in [5.74, 6) is -2.99. The summed E-state index contributed by atoms with van der Waals surface area (Å²) in [5, 5.41) is 9.52. The van der Waals surface area contributed by atoms with Gasteiger partial charge in [-0.1, -0.05) is 18.2 Å². The molecular formula is C24H24F2N6O2S. The van der Waals surface area contributed by atoms with Crippen molar-refractivity contribution in [1.29, 1.82) is 5.26 Å². The van der Waals surface area contributed by atoms with E-state index in [-0.39, 0.29) is 40.7 Å². The van der Waals surface area contributed by atoms with Gasteiger partial charge in [-0.05, 0) is 30.5 Å². The maximum absolute atomic E-state index is 13.7. The zero-order valence-corrected chi connectivity index (χ0v) is 19.7. The Morgan fingerprint density at radius 1 is 1.31 bits per heavy atom. The third-order valence-electron chi connectivity index (χ3n) is 6.49. The summed E-state index contributed by atoms with van der Waals surface area (Å²) in [7, 11) is 0. The van der Waals surface area contributed by atoms with Crippen LogP contribution >= 0.6 is 11.3 Å². The van der Waals surface area contributed by atoms with Gasteiger partial charge in [0.05, 0.1) is 35.1 Å². The quantitative estimate of drug-likeness (QED) is 0.593. The number of nitrogens with zero attached hydrogens (tertiary/aromatic N) is 5. The maximum Gasteiger partial charge on any atom is 0.273 e. The average molecular weight is 499 g/mol. The van der Waals surface area contributed by atoms with Gasteiger partial charge in [-0.25, -0.2) is 13.8 Å². The first-order valence-corrected chi connectivity index (χ1v) is 12.3. The highest BCUT2D eigenvalue weighted by atomic mass is 32.1. The lowest BCUT2D eigenvalue weighted by molar-refractivity contribution is 0.0121. The molecule has 2 saturated heterocycles. The van der Waals surface area contributed by atoms with Crippen molar-refractivity contribution in [2.24, 2.45) is 5.73 Å². The molecule has 5 rings (SSSR count). The molecule has 0 saturated carbocycles. The van der Waals surface area contributed by atoms with Crippen LogP contribution in [0.4, 0.5) is 14.7 Å². The molecule has 2 aromatic heterocycles. The molecule has 1 aromatic carbocycles. The summed E-state index contributed by atoms with van der Waals surface area (Å²) in [5.41, 5.74) is 7.33. The number of hydrogen-bond donors (Lipinski definition) is 1. The van der Waals surface area contributed by atoms with Crippen molar-refractivity contribution in [3.05, 3.63) is 56.7 Å². The number of thiophene rings is 1. The normalized spacial score (nSPS) is 19.8. The number of anilines is 1. The summed E-state index contributed by atoms with van der Waals surface area (Å²) in [4.78, 5) is 34.6. The van der Waals surface area contributed by atoms with E-state index in [1.807, 2.05) is 4.90 Å². The van der Waals surface area contributed by atoms with Gasteiger partial charge in [0.2, 0.25) is 5.95 Å². The largest absolute Gasteiger partial charge is 0.341 e. The van der Waals surface area contributed by atoms with E-state index in [0.29, 0.717) is 35.7 Å². The second-order valence-electron chi connectivity index (χ2n) is 9.08. The number of rotatable bonds is 4. The van der Waals surface area contributed by atoms with E-state index in [1.165, 1.54) is 10.6 Å². The summed E-state index contributed by atoms with van der Waals surface area (Å²) in [6.07, 6.45) is 1.35. The van der Waals surface area contributed by atoms with E-state index >= 15 is 0 Å². The topological polar surface area (TPSA) is 108 Å². The molecular weight excluding hydrogens is 474 g/mol. The van der Waals surface area contributed by atoms with Gasteiger partial charge in [-0.2, -0.15) is 5.26 Å². The van der Waals surface area contributed by atoms with E-state index in [4.69, 9.17) is 10.7 Å². The summed E-state index contributed by atoms with van der Waals surface area (Å²) >= 11 is 0.969. The van der Waals surface area contributed by atoms with Crippen LogP contribution < -0.4 is 16.2 Å². The molecule has 2 aliphatic heterocycles. The first-order valence-electron chi connectivity index (χ1n) is 11.5. The molecule has 2 fully saturated rings. The molecule has 1 amide bonds. The van der Waals surface area contributed by atoms with E-state index < -0.39 is 18.4 Å². The number of aromatic nitrogens is 2. The van der Waals surface area contributed by atoms with Gasteiger partial charge < -0.3 is 15.5 Å². The van der Waals surface area contributed by atoms with Crippen molar-refractivity contribution < 1.29 is 13.6 Å². The average Bonchev–Trinajstić information content (AvgIpc) is 3.44. The van der Waals surface area contributed by atoms with Crippen molar-refractivity contribution in [2.75, 3.05) is 31.1 Å². The number of likely N-dealkylation sites (tertiary alicyclic amines) is 1. The summed E-state index contributed by atoms with van der Waals surface area (Å²) in [6.45, 7) is 0.673. The Bertz CT molecular complexity index is 1390. The Hall–Kier alpha value is -3.36. The van der Waals surface area contributed by atoms with Crippen molar-refractivity contribution in [3.63, 3.8) is 0 Å². The first-order chi connectivity index (χ1) is 16.8. The van der Waals surface area contributed by atoms with Crippen LogP contribution in [0.2, 0.25) is 0 Å². The molecule has 35 heavy (non-hydrogen) atoms. The predicted molar refractivity (Wildman–Crippen MR) is 129 cm³/mol. The fourth-order valence-electron chi connectivity index (χ4n) is 4.68. The number of nitrogens with two attached hydrogens (primary N) is 1. The molecule has 0 spiro atoms. The Morgan fingerprint density at radius 3 is 2.83 bits per heavy atom. The van der Waals surface area contributed by atoms with Crippen LogP contribution in [-0.4, -0.2) is 58.5 Å². The lowest BCUT2D eigenvalue weighted by atomic mass is 10.1. The monoisotopic (exact) mass is 498 g/mol. The SMILES string of the molecule is N#Cc1ccccc1Cn1c(N2CCC[C@@H](N)C2)nc2cc(C(=O)N3CCC(F)(F)C3)sc2c1=O. The molecule has 182 valence electrons. The van der Waals surface area contributed by atoms with E-state index in [9.17, 15) is 23.6 Å². The summed E-state index contributed by atoms with van der Waals surface area (Å²) < 4.78 is 29.1. The second kappa shape index (κ2) is 9.02. The Kier molecular flexibility index (Phi) is 6.02. The Morgan fingerprint density at radius 2 is 2.11 bits per heavy atom. The van der Waals surface area contributed by atoms with Gasteiger partial charge in [0.1, 0.15) is 4.70 Å². The van der Waals surface area contributed by atoms with Gasteiger partial charge >= 0.3 is 0 Å². The Labute approximate surface area is 204 Å². The minimum atomic E-state index is -2.90. The van der Waals surface area contributed by atoms with Gasteiger partial charge in [0.15, 0.2) is 0 Å². The highest BCUT2D eigenvalue weighted by Crippen LogP contribution is 2.31. The fraction of sp³-hybridized carbons (Fsp3) is 0.417. The van der Waals surface area contributed by atoms with Crippen LogP contribution in [0, 0.1) is 11.3 Å². The molecule has 0 aliphatic carbocycles. The van der Waals surface area contributed by atoms with Gasteiger partial charge in [0.25, 0.3) is 17.4 Å². The third kappa shape index (κ3) is 4.51. The molecule has 11 heteroatoms. The number of piperidine rings is 1. The van der Waals surface area contributed by atoms with E-state index in [1.54, 1.807) is 24.3 Å².